The SMILES string of the molecule is CC1(O)CCCN(CC(Cl)C#N)CC1. The Kier molecular flexibility index (Phi) is 4.18. The first-order valence-electron chi connectivity index (χ1n) is 5.02. The number of alkyl halides is 1. The van der Waals surface area contributed by atoms with E-state index in [2.05, 4.69) is 4.90 Å². The molecule has 0 aromatic rings. The maximum absolute atomic E-state index is 9.84. The molecule has 0 aromatic carbocycles. The number of rotatable bonds is 2. The van der Waals surface area contributed by atoms with E-state index in [0.717, 1.165) is 32.4 Å². The molecule has 0 aliphatic carbocycles. The Morgan fingerprint density at radius 2 is 2.29 bits per heavy atom. The van der Waals surface area contributed by atoms with Crippen LogP contribution < -0.4 is 0 Å². The van der Waals surface area contributed by atoms with Gasteiger partial charge in [-0.1, -0.05) is 0 Å². The molecular formula is C10H17ClN2O. The second kappa shape index (κ2) is 4.97. The van der Waals surface area contributed by atoms with Gasteiger partial charge in [-0.25, -0.2) is 0 Å². The van der Waals surface area contributed by atoms with Crippen molar-refractivity contribution in [1.82, 2.24) is 4.90 Å². The Bertz CT molecular complexity index is 225. The minimum atomic E-state index is -0.538. The summed E-state index contributed by atoms with van der Waals surface area (Å²) in [6.07, 6.45) is 2.58. The molecule has 3 nitrogen and oxygen atoms in total. The van der Waals surface area contributed by atoms with Gasteiger partial charge < -0.3 is 10.0 Å². The van der Waals surface area contributed by atoms with E-state index < -0.39 is 11.0 Å². The zero-order chi connectivity index (χ0) is 10.6. The van der Waals surface area contributed by atoms with E-state index in [9.17, 15) is 5.11 Å². The fourth-order valence-electron chi connectivity index (χ4n) is 1.77. The lowest BCUT2D eigenvalue weighted by Crippen LogP contribution is -2.32. The van der Waals surface area contributed by atoms with E-state index in [-0.39, 0.29) is 0 Å². The highest BCUT2D eigenvalue weighted by Crippen LogP contribution is 2.21. The van der Waals surface area contributed by atoms with Gasteiger partial charge in [-0.05, 0) is 32.7 Å². The summed E-state index contributed by atoms with van der Waals surface area (Å²) in [5.74, 6) is 0. The number of nitriles is 1. The largest absolute Gasteiger partial charge is 0.390 e. The highest BCUT2D eigenvalue weighted by Gasteiger charge is 2.25. The van der Waals surface area contributed by atoms with Gasteiger partial charge in [0, 0.05) is 13.1 Å². The van der Waals surface area contributed by atoms with E-state index in [0.29, 0.717) is 6.54 Å². The normalized spacial score (nSPS) is 31.9. The molecule has 0 bridgehead atoms. The lowest BCUT2D eigenvalue weighted by molar-refractivity contribution is 0.0447. The zero-order valence-electron chi connectivity index (χ0n) is 8.54. The monoisotopic (exact) mass is 216 g/mol. The molecule has 4 heteroatoms. The van der Waals surface area contributed by atoms with Crippen LogP contribution in [0.2, 0.25) is 0 Å². The van der Waals surface area contributed by atoms with Gasteiger partial charge in [0.05, 0.1) is 11.7 Å². The summed E-state index contributed by atoms with van der Waals surface area (Å²) < 4.78 is 0. The lowest BCUT2D eigenvalue weighted by Gasteiger charge is -2.22. The second-order valence-corrected chi connectivity index (χ2v) is 4.77. The van der Waals surface area contributed by atoms with Gasteiger partial charge in [0.2, 0.25) is 0 Å². The quantitative estimate of drug-likeness (QED) is 0.709. The van der Waals surface area contributed by atoms with Gasteiger partial charge in [0.1, 0.15) is 5.38 Å². The van der Waals surface area contributed by atoms with Crippen molar-refractivity contribution in [3.05, 3.63) is 0 Å². The standard InChI is InChI=1S/C10H17ClN2O/c1-10(14)3-2-5-13(6-4-10)8-9(11)7-12/h9,14H,2-6,8H2,1H3. The summed E-state index contributed by atoms with van der Waals surface area (Å²) >= 11 is 5.76. The fraction of sp³-hybridized carbons (Fsp3) is 0.900. The van der Waals surface area contributed by atoms with Crippen molar-refractivity contribution in [3.63, 3.8) is 0 Å². The maximum atomic E-state index is 9.84. The van der Waals surface area contributed by atoms with Crippen LogP contribution in [0.3, 0.4) is 0 Å². The van der Waals surface area contributed by atoms with Crippen molar-refractivity contribution >= 4 is 11.6 Å². The molecule has 2 unspecified atom stereocenters. The maximum Gasteiger partial charge on any atom is 0.133 e. The Labute approximate surface area is 90.3 Å². The zero-order valence-corrected chi connectivity index (χ0v) is 9.30. The molecule has 1 fully saturated rings. The first kappa shape index (κ1) is 11.8. The molecular weight excluding hydrogens is 200 g/mol. The second-order valence-electron chi connectivity index (χ2n) is 4.25. The van der Waals surface area contributed by atoms with E-state index in [1.807, 2.05) is 13.0 Å². The van der Waals surface area contributed by atoms with Crippen molar-refractivity contribution in [2.45, 2.75) is 37.2 Å². The Morgan fingerprint density at radius 3 is 2.93 bits per heavy atom. The predicted molar refractivity (Wildman–Crippen MR) is 56.2 cm³/mol. The summed E-state index contributed by atoms with van der Waals surface area (Å²) in [6, 6.07) is 2.01. The molecule has 0 radical (unpaired) electrons. The molecule has 80 valence electrons. The van der Waals surface area contributed by atoms with Crippen LogP contribution in [0.5, 0.6) is 0 Å². The molecule has 0 amide bonds. The van der Waals surface area contributed by atoms with Gasteiger partial charge in [-0.2, -0.15) is 5.26 Å². The molecule has 0 spiro atoms. The van der Waals surface area contributed by atoms with Gasteiger partial charge in [-0.3, -0.25) is 0 Å². The van der Waals surface area contributed by atoms with E-state index in [1.54, 1.807) is 0 Å². The first-order chi connectivity index (χ1) is 6.53. The number of hydrogen-bond acceptors (Lipinski definition) is 3. The average molecular weight is 217 g/mol. The van der Waals surface area contributed by atoms with Crippen LogP contribution in [-0.2, 0) is 0 Å². The van der Waals surface area contributed by atoms with E-state index >= 15 is 0 Å². The molecule has 0 aromatic heterocycles. The third-order valence-corrected chi connectivity index (χ3v) is 2.95. The molecule has 0 saturated carbocycles. The Balaban J connectivity index is 2.39. The number of likely N-dealkylation sites (tertiary alicyclic amines) is 1. The summed E-state index contributed by atoms with van der Waals surface area (Å²) in [4.78, 5) is 2.16. The molecule has 2 atom stereocenters. The average Bonchev–Trinajstić information content (AvgIpc) is 2.28. The third-order valence-electron chi connectivity index (χ3n) is 2.71. The van der Waals surface area contributed by atoms with Crippen LogP contribution in [0.1, 0.15) is 26.2 Å². The summed E-state index contributed by atoms with van der Waals surface area (Å²) in [5.41, 5.74) is -0.538. The van der Waals surface area contributed by atoms with Crippen molar-refractivity contribution in [3.8, 4) is 6.07 Å². The minimum Gasteiger partial charge on any atom is -0.390 e. The lowest BCUT2D eigenvalue weighted by atomic mass is 9.98. The van der Waals surface area contributed by atoms with Crippen LogP contribution in [0.4, 0.5) is 0 Å². The van der Waals surface area contributed by atoms with Gasteiger partial charge in [0.15, 0.2) is 0 Å². The predicted octanol–water partition coefficient (Wildman–Crippen LogP) is 1.35. The molecule has 1 heterocycles. The summed E-state index contributed by atoms with van der Waals surface area (Å²) in [5, 5.41) is 18.0. The van der Waals surface area contributed by atoms with E-state index in [1.165, 1.54) is 0 Å². The van der Waals surface area contributed by atoms with Crippen LogP contribution in [0.25, 0.3) is 0 Å². The summed E-state index contributed by atoms with van der Waals surface area (Å²) in [7, 11) is 0. The smallest absolute Gasteiger partial charge is 0.133 e. The van der Waals surface area contributed by atoms with Gasteiger partial charge in [0.25, 0.3) is 0 Å². The topological polar surface area (TPSA) is 47.3 Å². The molecule has 1 N–H and O–H groups in total. The number of nitrogens with zero attached hydrogens (tertiary/aromatic N) is 2. The molecule has 1 rings (SSSR count). The van der Waals surface area contributed by atoms with Crippen LogP contribution in [0.15, 0.2) is 0 Å². The first-order valence-corrected chi connectivity index (χ1v) is 5.45. The minimum absolute atomic E-state index is 0.432. The van der Waals surface area contributed by atoms with Gasteiger partial charge in [-0.15, -0.1) is 11.6 Å². The van der Waals surface area contributed by atoms with Crippen molar-refractivity contribution in [2.24, 2.45) is 0 Å². The third kappa shape index (κ3) is 3.83. The van der Waals surface area contributed by atoms with Crippen LogP contribution in [-0.4, -0.2) is 40.6 Å². The highest BCUT2D eigenvalue weighted by molar-refractivity contribution is 6.22. The van der Waals surface area contributed by atoms with Crippen molar-refractivity contribution in [2.75, 3.05) is 19.6 Å². The molecule has 14 heavy (non-hydrogen) atoms. The Hall–Kier alpha value is -0.300. The molecule has 1 saturated heterocycles. The van der Waals surface area contributed by atoms with Gasteiger partial charge >= 0.3 is 0 Å². The van der Waals surface area contributed by atoms with Crippen LogP contribution >= 0.6 is 11.6 Å². The molecule has 1 aliphatic rings. The number of aliphatic hydroxyl groups is 1. The fourth-order valence-corrected chi connectivity index (χ4v) is 1.96. The number of halogens is 1. The van der Waals surface area contributed by atoms with Crippen molar-refractivity contribution < 1.29 is 5.11 Å². The Morgan fingerprint density at radius 1 is 1.57 bits per heavy atom. The van der Waals surface area contributed by atoms with Crippen molar-refractivity contribution in [1.29, 1.82) is 5.26 Å². The van der Waals surface area contributed by atoms with E-state index in [4.69, 9.17) is 16.9 Å². The molecule has 1 aliphatic heterocycles. The summed E-state index contributed by atoms with van der Waals surface area (Å²) in [6.45, 7) is 4.24. The number of hydrogen-bond donors (Lipinski definition) is 1. The highest BCUT2D eigenvalue weighted by atomic mass is 35.5. The van der Waals surface area contributed by atoms with Crippen LogP contribution in [0, 0.1) is 11.3 Å².